The first-order valence-electron chi connectivity index (χ1n) is 9.15. The molecule has 3 aromatic rings. The second-order valence-electron chi connectivity index (χ2n) is 7.69. The highest BCUT2D eigenvalue weighted by molar-refractivity contribution is 5.59. The van der Waals surface area contributed by atoms with Crippen LogP contribution in [0.25, 0.3) is 22.9 Å². The molecule has 2 aromatic carbocycles. The van der Waals surface area contributed by atoms with E-state index in [1.807, 2.05) is 48.5 Å². The van der Waals surface area contributed by atoms with Crippen molar-refractivity contribution in [1.82, 2.24) is 10.2 Å². The molecule has 0 saturated carbocycles. The van der Waals surface area contributed by atoms with Crippen LogP contribution in [0.2, 0.25) is 0 Å². The number of aromatic nitrogens is 2. The molecular weight excluding hydrogens is 364 g/mol. The van der Waals surface area contributed by atoms with Gasteiger partial charge in [-0.05, 0) is 76.2 Å². The molecule has 0 aliphatic carbocycles. The van der Waals surface area contributed by atoms with Gasteiger partial charge in [-0.3, -0.25) is 0 Å². The van der Waals surface area contributed by atoms with Crippen LogP contribution < -0.4 is 0 Å². The van der Waals surface area contributed by atoms with Crippen molar-refractivity contribution < 1.29 is 14.6 Å². The number of benzene rings is 2. The molecule has 0 saturated heterocycles. The highest BCUT2D eigenvalue weighted by Crippen LogP contribution is 2.24. The fourth-order valence-electron chi connectivity index (χ4n) is 2.30. The van der Waals surface area contributed by atoms with Gasteiger partial charge in [-0.1, -0.05) is 23.7 Å². The highest BCUT2D eigenvalue weighted by Gasteiger charge is 2.11. The van der Waals surface area contributed by atoms with E-state index in [1.165, 1.54) is 0 Å². The van der Waals surface area contributed by atoms with Crippen LogP contribution in [0.1, 0.15) is 38.8 Å². The topological polar surface area (TPSA) is 79.4 Å². The molecule has 0 radical (unpaired) electrons. The molecule has 1 aromatic heterocycles. The normalized spacial score (nSPS) is 11.2. The average Bonchev–Trinajstić information content (AvgIpc) is 3.14. The summed E-state index contributed by atoms with van der Waals surface area (Å²) in [6.45, 7) is 6.56. The van der Waals surface area contributed by atoms with E-state index in [9.17, 15) is 10.2 Å². The van der Waals surface area contributed by atoms with Crippen LogP contribution in [-0.2, 0) is 0 Å². The Morgan fingerprint density at radius 3 is 1.31 bits per heavy atom. The maximum atomic E-state index is 9.68. The molecule has 0 bridgehead atoms. The first-order chi connectivity index (χ1) is 13.6. The molecule has 0 aliphatic heterocycles. The fourth-order valence-corrected chi connectivity index (χ4v) is 2.30. The Labute approximate surface area is 170 Å². The standard InChI is InChI=1S/C24H22N2O3/c1-23(2,27)15-13-17-5-9-19(10-6-17)21-25-26-22(29-21)20-11-7-18(8-12-20)14-16-24(3,4)28/h5-12,27-28H,1-4H3. The lowest BCUT2D eigenvalue weighted by Crippen LogP contribution is -2.14. The molecule has 0 atom stereocenters. The number of hydrogen-bond acceptors (Lipinski definition) is 5. The van der Waals surface area contributed by atoms with Gasteiger partial charge >= 0.3 is 0 Å². The van der Waals surface area contributed by atoms with E-state index in [4.69, 9.17) is 4.42 Å². The highest BCUT2D eigenvalue weighted by atomic mass is 16.4. The van der Waals surface area contributed by atoms with E-state index < -0.39 is 11.2 Å². The molecule has 1 heterocycles. The van der Waals surface area contributed by atoms with Crippen molar-refractivity contribution in [3.63, 3.8) is 0 Å². The molecule has 0 aliphatic rings. The minimum absolute atomic E-state index is 0.410. The third-order valence-electron chi connectivity index (χ3n) is 3.71. The third kappa shape index (κ3) is 6.05. The van der Waals surface area contributed by atoms with Gasteiger partial charge in [-0.25, -0.2) is 0 Å². The summed E-state index contributed by atoms with van der Waals surface area (Å²) < 4.78 is 5.79. The van der Waals surface area contributed by atoms with Crippen LogP contribution in [-0.4, -0.2) is 31.6 Å². The Morgan fingerprint density at radius 1 is 0.655 bits per heavy atom. The first-order valence-corrected chi connectivity index (χ1v) is 9.15. The number of rotatable bonds is 2. The Bertz CT molecular complexity index is 1020. The fraction of sp³-hybridized carbons (Fsp3) is 0.250. The van der Waals surface area contributed by atoms with Gasteiger partial charge in [0.2, 0.25) is 11.8 Å². The lowest BCUT2D eigenvalue weighted by atomic mass is 10.1. The van der Waals surface area contributed by atoms with Crippen molar-refractivity contribution in [2.24, 2.45) is 0 Å². The van der Waals surface area contributed by atoms with Crippen molar-refractivity contribution in [1.29, 1.82) is 0 Å². The van der Waals surface area contributed by atoms with Crippen LogP contribution >= 0.6 is 0 Å². The first kappa shape index (κ1) is 20.4. The van der Waals surface area contributed by atoms with E-state index in [0.717, 1.165) is 22.3 Å². The number of nitrogens with zero attached hydrogens (tertiary/aromatic N) is 2. The quantitative estimate of drug-likeness (QED) is 0.657. The second-order valence-corrected chi connectivity index (χ2v) is 7.69. The van der Waals surface area contributed by atoms with Gasteiger partial charge in [0.25, 0.3) is 0 Å². The van der Waals surface area contributed by atoms with Gasteiger partial charge in [0.15, 0.2) is 0 Å². The van der Waals surface area contributed by atoms with Gasteiger partial charge in [0, 0.05) is 22.3 Å². The predicted molar refractivity (Wildman–Crippen MR) is 112 cm³/mol. The second kappa shape index (κ2) is 7.93. The van der Waals surface area contributed by atoms with Crippen LogP contribution in [0.4, 0.5) is 0 Å². The maximum absolute atomic E-state index is 9.68. The minimum Gasteiger partial charge on any atom is -0.416 e. The van der Waals surface area contributed by atoms with Crippen molar-refractivity contribution in [2.75, 3.05) is 0 Å². The molecule has 3 rings (SSSR count). The number of aliphatic hydroxyl groups is 2. The lowest BCUT2D eigenvalue weighted by Gasteiger charge is -2.05. The summed E-state index contributed by atoms with van der Waals surface area (Å²) in [4.78, 5) is 0. The van der Waals surface area contributed by atoms with Crippen molar-refractivity contribution in [3.05, 3.63) is 59.7 Å². The van der Waals surface area contributed by atoms with Gasteiger partial charge < -0.3 is 14.6 Å². The molecule has 0 fully saturated rings. The summed E-state index contributed by atoms with van der Waals surface area (Å²) in [6, 6.07) is 14.8. The van der Waals surface area contributed by atoms with E-state index in [1.54, 1.807) is 27.7 Å². The van der Waals surface area contributed by atoms with E-state index in [0.29, 0.717) is 11.8 Å². The molecule has 5 nitrogen and oxygen atoms in total. The summed E-state index contributed by atoms with van der Waals surface area (Å²) in [5.41, 5.74) is 1.08. The SMILES string of the molecule is CC(C)(O)C#Cc1ccc(-c2nnc(-c3ccc(C#CC(C)(C)O)cc3)o2)cc1. The summed E-state index contributed by atoms with van der Waals surface area (Å²) in [5, 5.41) is 27.6. The van der Waals surface area contributed by atoms with Gasteiger partial charge in [-0.2, -0.15) is 0 Å². The monoisotopic (exact) mass is 386 g/mol. The molecule has 0 unspecified atom stereocenters. The lowest BCUT2D eigenvalue weighted by molar-refractivity contribution is 0.143. The smallest absolute Gasteiger partial charge is 0.248 e. The summed E-state index contributed by atoms with van der Waals surface area (Å²) >= 11 is 0. The van der Waals surface area contributed by atoms with Crippen molar-refractivity contribution in [3.8, 4) is 46.6 Å². The Hall–Kier alpha value is -3.38. The third-order valence-corrected chi connectivity index (χ3v) is 3.71. The summed E-state index contributed by atoms with van der Waals surface area (Å²) in [5.74, 6) is 12.2. The predicted octanol–water partition coefficient (Wildman–Crippen LogP) is 3.65. The van der Waals surface area contributed by atoms with E-state index >= 15 is 0 Å². The van der Waals surface area contributed by atoms with Gasteiger partial charge in [0.1, 0.15) is 11.2 Å². The largest absolute Gasteiger partial charge is 0.416 e. The van der Waals surface area contributed by atoms with Gasteiger partial charge in [0.05, 0.1) is 0 Å². The molecule has 5 heteroatoms. The van der Waals surface area contributed by atoms with Crippen molar-refractivity contribution >= 4 is 0 Å². The summed E-state index contributed by atoms with van der Waals surface area (Å²) in [6.07, 6.45) is 0. The zero-order valence-electron chi connectivity index (χ0n) is 16.8. The summed E-state index contributed by atoms with van der Waals surface area (Å²) in [7, 11) is 0. The number of hydrogen-bond donors (Lipinski definition) is 2. The zero-order chi connectivity index (χ0) is 21.1. The average molecular weight is 386 g/mol. The molecule has 0 spiro atoms. The maximum Gasteiger partial charge on any atom is 0.248 e. The van der Waals surface area contributed by atoms with Crippen molar-refractivity contribution in [2.45, 2.75) is 38.9 Å². The molecule has 29 heavy (non-hydrogen) atoms. The minimum atomic E-state index is -1.03. The van der Waals surface area contributed by atoms with Crippen LogP contribution in [0.3, 0.4) is 0 Å². The van der Waals surface area contributed by atoms with E-state index in [2.05, 4.69) is 33.9 Å². The van der Waals surface area contributed by atoms with Crippen LogP contribution in [0.5, 0.6) is 0 Å². The Morgan fingerprint density at radius 2 is 1.00 bits per heavy atom. The molecule has 146 valence electrons. The molecule has 0 amide bonds. The zero-order valence-corrected chi connectivity index (χ0v) is 16.8. The van der Waals surface area contributed by atoms with Crippen LogP contribution in [0.15, 0.2) is 52.9 Å². The van der Waals surface area contributed by atoms with Gasteiger partial charge in [-0.15, -0.1) is 10.2 Å². The Balaban J connectivity index is 1.76. The molecule has 2 N–H and O–H groups in total. The van der Waals surface area contributed by atoms with Crippen LogP contribution in [0, 0.1) is 23.7 Å². The van der Waals surface area contributed by atoms with E-state index in [-0.39, 0.29) is 0 Å². The molecular formula is C24H22N2O3. The Kier molecular flexibility index (Phi) is 5.57.